The third-order valence-corrected chi connectivity index (χ3v) is 1.60. The molecule has 0 aliphatic rings. The molecule has 0 fully saturated rings. The highest BCUT2D eigenvalue weighted by Crippen LogP contribution is 2.33. The summed E-state index contributed by atoms with van der Waals surface area (Å²) in [6, 6.07) is 8.62. The summed E-state index contributed by atoms with van der Waals surface area (Å²) in [6.07, 6.45) is -3.98. The quantitative estimate of drug-likeness (QED) is 0.634. The van der Waals surface area contributed by atoms with E-state index in [9.17, 15) is 13.2 Å². The Morgan fingerprint density at radius 3 is 2.21 bits per heavy atom. The molecule has 0 N–H and O–H groups in total. The van der Waals surface area contributed by atoms with E-state index in [1.54, 1.807) is 6.07 Å². The van der Waals surface area contributed by atoms with E-state index >= 15 is 0 Å². The highest BCUT2D eigenvalue weighted by atomic mass is 19.4. The average Bonchev–Trinajstić information content (AvgIpc) is 2.14. The van der Waals surface area contributed by atoms with Crippen LogP contribution in [0.3, 0.4) is 0 Å². The second kappa shape index (κ2) is 3.97. The van der Waals surface area contributed by atoms with Crippen LogP contribution in [0.4, 0.5) is 13.2 Å². The van der Waals surface area contributed by atoms with Crippen molar-refractivity contribution in [2.24, 2.45) is 0 Å². The topological polar surface area (TPSA) is 23.8 Å². The first kappa shape index (κ1) is 10.3. The molecule has 1 rings (SSSR count). The van der Waals surface area contributed by atoms with Gasteiger partial charge in [0.1, 0.15) is 0 Å². The zero-order valence-corrected chi connectivity index (χ0v) is 7.05. The second-order valence-electron chi connectivity index (χ2n) is 2.55. The van der Waals surface area contributed by atoms with Crippen LogP contribution in [0.2, 0.25) is 0 Å². The van der Waals surface area contributed by atoms with E-state index in [-0.39, 0.29) is 5.56 Å². The molecule has 0 radical (unpaired) electrons. The van der Waals surface area contributed by atoms with Gasteiger partial charge in [-0.2, -0.15) is 18.4 Å². The van der Waals surface area contributed by atoms with Crippen molar-refractivity contribution in [1.82, 2.24) is 0 Å². The van der Waals surface area contributed by atoms with Crippen molar-refractivity contribution in [3.8, 4) is 6.07 Å². The molecule has 0 bridgehead atoms. The van der Waals surface area contributed by atoms with Crippen LogP contribution >= 0.6 is 0 Å². The molecule has 0 aliphatic carbocycles. The summed E-state index contributed by atoms with van der Waals surface area (Å²) in [5, 5.41) is 8.23. The number of allylic oxidation sites excluding steroid dienone is 2. The smallest absolute Gasteiger partial charge is 0.193 e. The molecule has 4 heteroatoms. The summed E-state index contributed by atoms with van der Waals surface area (Å²) in [6.45, 7) is 0. The van der Waals surface area contributed by atoms with Crippen molar-refractivity contribution in [2.45, 2.75) is 6.18 Å². The zero-order chi connectivity index (χ0) is 10.6. The molecule has 1 aromatic rings. The Labute approximate surface area is 79.1 Å². The lowest BCUT2D eigenvalue weighted by Crippen LogP contribution is -2.10. The molecule has 1 nitrogen and oxygen atoms in total. The van der Waals surface area contributed by atoms with Crippen LogP contribution in [-0.2, 0) is 0 Å². The number of rotatable bonds is 1. The van der Waals surface area contributed by atoms with Gasteiger partial charge >= 0.3 is 6.18 Å². The van der Waals surface area contributed by atoms with Gasteiger partial charge in [-0.15, -0.1) is 0 Å². The van der Waals surface area contributed by atoms with E-state index in [1.807, 2.05) is 0 Å². The van der Waals surface area contributed by atoms with E-state index in [0.717, 1.165) is 0 Å². The van der Waals surface area contributed by atoms with Gasteiger partial charge in [-0.1, -0.05) is 30.3 Å². The number of nitriles is 1. The van der Waals surface area contributed by atoms with Crippen molar-refractivity contribution in [2.75, 3.05) is 0 Å². The summed E-state index contributed by atoms with van der Waals surface area (Å²) < 4.78 is 37.1. The van der Waals surface area contributed by atoms with Crippen LogP contribution in [0, 0.1) is 11.3 Å². The van der Waals surface area contributed by atoms with Gasteiger partial charge in [-0.3, -0.25) is 0 Å². The highest BCUT2D eigenvalue weighted by Gasteiger charge is 2.34. The van der Waals surface area contributed by atoms with Crippen LogP contribution in [0.25, 0.3) is 5.57 Å². The third-order valence-electron chi connectivity index (χ3n) is 1.60. The molecule has 72 valence electrons. The van der Waals surface area contributed by atoms with E-state index in [1.165, 1.54) is 30.3 Å². The predicted octanol–water partition coefficient (Wildman–Crippen LogP) is 3.16. The minimum absolute atomic E-state index is 0.00144. The molecule has 0 aromatic heterocycles. The van der Waals surface area contributed by atoms with Gasteiger partial charge in [0, 0.05) is 6.08 Å². The Morgan fingerprint density at radius 2 is 1.79 bits per heavy atom. The Bertz CT molecular complexity index is 371. The Balaban J connectivity index is 3.17. The third kappa shape index (κ3) is 2.36. The molecule has 0 atom stereocenters. The van der Waals surface area contributed by atoms with Gasteiger partial charge in [-0.05, 0) is 5.56 Å². The molecular formula is C10H6F3N. The molecular weight excluding hydrogens is 191 g/mol. The number of alkyl halides is 3. The molecule has 1 aromatic carbocycles. The Morgan fingerprint density at radius 1 is 1.21 bits per heavy atom. The Kier molecular flexibility index (Phi) is 2.92. The molecule has 0 spiro atoms. The summed E-state index contributed by atoms with van der Waals surface area (Å²) in [7, 11) is 0. The van der Waals surface area contributed by atoms with Crippen LogP contribution in [-0.4, -0.2) is 6.18 Å². The van der Waals surface area contributed by atoms with Crippen molar-refractivity contribution >= 4 is 5.57 Å². The zero-order valence-electron chi connectivity index (χ0n) is 7.05. The second-order valence-corrected chi connectivity index (χ2v) is 2.55. The van der Waals surface area contributed by atoms with Crippen molar-refractivity contribution < 1.29 is 13.2 Å². The lowest BCUT2D eigenvalue weighted by molar-refractivity contribution is -0.0688. The molecule has 0 aliphatic heterocycles. The number of nitrogens with zero attached hydrogens (tertiary/aromatic N) is 1. The van der Waals surface area contributed by atoms with E-state index in [4.69, 9.17) is 5.26 Å². The van der Waals surface area contributed by atoms with Gasteiger partial charge in [0.05, 0.1) is 11.6 Å². The molecule has 0 amide bonds. The lowest BCUT2D eigenvalue weighted by Gasteiger charge is -2.09. The summed E-state index contributed by atoms with van der Waals surface area (Å²) in [5.41, 5.74) is -0.915. The number of hydrogen-bond donors (Lipinski definition) is 0. The molecule has 0 saturated carbocycles. The maximum atomic E-state index is 12.4. The normalized spacial score (nSPS) is 12.3. The van der Waals surface area contributed by atoms with Crippen LogP contribution in [0.5, 0.6) is 0 Å². The van der Waals surface area contributed by atoms with Crippen LogP contribution in [0.15, 0.2) is 36.4 Å². The minimum atomic E-state index is -4.49. The SMILES string of the molecule is N#C/C=C(/c1ccccc1)C(F)(F)F. The maximum Gasteiger partial charge on any atom is 0.417 e. The van der Waals surface area contributed by atoms with Gasteiger partial charge in [0.25, 0.3) is 0 Å². The Hall–Kier alpha value is -1.76. The van der Waals surface area contributed by atoms with Crippen LogP contribution in [0.1, 0.15) is 5.56 Å². The number of benzene rings is 1. The maximum absolute atomic E-state index is 12.4. The largest absolute Gasteiger partial charge is 0.417 e. The molecule has 14 heavy (non-hydrogen) atoms. The fourth-order valence-corrected chi connectivity index (χ4v) is 1.01. The molecule has 0 saturated heterocycles. The van der Waals surface area contributed by atoms with Crippen molar-refractivity contribution in [1.29, 1.82) is 5.26 Å². The summed E-state index contributed by atoms with van der Waals surface area (Å²) >= 11 is 0. The molecule has 0 heterocycles. The highest BCUT2D eigenvalue weighted by molar-refractivity contribution is 5.71. The first-order valence-electron chi connectivity index (χ1n) is 3.78. The lowest BCUT2D eigenvalue weighted by atomic mass is 10.1. The van der Waals surface area contributed by atoms with Gasteiger partial charge in [-0.25, -0.2) is 0 Å². The summed E-state index contributed by atoms with van der Waals surface area (Å²) in [4.78, 5) is 0. The van der Waals surface area contributed by atoms with Gasteiger partial charge in [0.2, 0.25) is 0 Å². The summed E-state index contributed by atoms with van der Waals surface area (Å²) in [5.74, 6) is 0. The van der Waals surface area contributed by atoms with Crippen molar-refractivity contribution in [3.05, 3.63) is 42.0 Å². The van der Waals surface area contributed by atoms with E-state index < -0.39 is 11.7 Å². The molecule has 0 unspecified atom stereocenters. The van der Waals surface area contributed by atoms with E-state index in [0.29, 0.717) is 6.08 Å². The average molecular weight is 197 g/mol. The first-order chi connectivity index (χ1) is 6.55. The fraction of sp³-hybridized carbons (Fsp3) is 0.100. The predicted molar refractivity (Wildman–Crippen MR) is 46.1 cm³/mol. The fourth-order valence-electron chi connectivity index (χ4n) is 1.01. The standard InChI is InChI=1S/C10H6F3N/c11-10(12,13)9(6-7-14)8-4-2-1-3-5-8/h1-6H/b9-6-. The van der Waals surface area contributed by atoms with Crippen molar-refractivity contribution in [3.63, 3.8) is 0 Å². The number of halogens is 3. The first-order valence-corrected chi connectivity index (χ1v) is 3.78. The van der Waals surface area contributed by atoms with Gasteiger partial charge in [0.15, 0.2) is 0 Å². The van der Waals surface area contributed by atoms with E-state index in [2.05, 4.69) is 0 Å². The van der Waals surface area contributed by atoms with Crippen LogP contribution < -0.4 is 0 Å². The number of hydrogen-bond acceptors (Lipinski definition) is 1. The minimum Gasteiger partial charge on any atom is -0.193 e. The van der Waals surface area contributed by atoms with Gasteiger partial charge < -0.3 is 0 Å². The monoisotopic (exact) mass is 197 g/mol.